The Balaban J connectivity index is 1.63. The fourth-order valence-electron chi connectivity index (χ4n) is 3.61. The molecule has 0 unspecified atom stereocenters. The maximum absolute atomic E-state index is 12.7. The van der Waals surface area contributed by atoms with Crippen LogP contribution in [0.1, 0.15) is 53.6 Å². The van der Waals surface area contributed by atoms with Crippen LogP contribution in [0, 0.1) is 12.8 Å². The minimum atomic E-state index is -1.07. The molecule has 1 N–H and O–H groups in total. The molecule has 9 heteroatoms. The lowest BCUT2D eigenvalue weighted by atomic mass is 9.88. The Labute approximate surface area is 202 Å². The minimum Gasteiger partial charge on any atom is -0.482 e. The zero-order valence-corrected chi connectivity index (χ0v) is 20.7. The molecule has 1 amide bonds. The third-order valence-electron chi connectivity index (χ3n) is 5.39. The van der Waals surface area contributed by atoms with Crippen LogP contribution in [0.2, 0.25) is 5.02 Å². The maximum atomic E-state index is 12.7. The van der Waals surface area contributed by atoms with Gasteiger partial charge in [-0.15, -0.1) is 11.3 Å². The molecule has 1 heterocycles. The number of ether oxygens (including phenoxy) is 3. The molecule has 7 nitrogen and oxygen atoms in total. The van der Waals surface area contributed by atoms with Crippen LogP contribution in [0.4, 0.5) is 5.00 Å². The quantitative estimate of drug-likeness (QED) is 0.522. The van der Waals surface area contributed by atoms with E-state index >= 15 is 0 Å². The van der Waals surface area contributed by atoms with Crippen molar-refractivity contribution in [2.75, 3.05) is 18.5 Å². The molecule has 2 aromatic rings. The first-order valence-corrected chi connectivity index (χ1v) is 12.1. The number of esters is 2. The molecule has 0 saturated heterocycles. The third kappa shape index (κ3) is 6.26. The van der Waals surface area contributed by atoms with Gasteiger partial charge in [-0.2, -0.15) is 0 Å². The summed E-state index contributed by atoms with van der Waals surface area (Å²) in [6, 6.07) is 5.04. The van der Waals surface area contributed by atoms with E-state index in [0.717, 1.165) is 35.3 Å². The minimum absolute atomic E-state index is 0.244. The Morgan fingerprint density at radius 1 is 1.30 bits per heavy atom. The number of fused-ring (bicyclic) bond motifs is 1. The van der Waals surface area contributed by atoms with Crippen molar-refractivity contribution in [1.29, 1.82) is 0 Å². The highest BCUT2D eigenvalue weighted by Gasteiger charge is 2.30. The number of nitrogens with one attached hydrogen (secondary N) is 1. The predicted molar refractivity (Wildman–Crippen MR) is 127 cm³/mol. The molecular formula is C24H28ClNO6S. The standard InChI is InChI=1S/C24H28ClNO6S/c1-5-30-24(29)21-17-8-6-13(2)10-19(17)33-23(21)26-22(28)15(4)32-20(27)12-31-16-7-9-18(25)14(3)11-16/h7,9,11,13,15H,5-6,8,10,12H2,1-4H3,(H,26,28)/t13-,15-/m0/s1. The van der Waals surface area contributed by atoms with Crippen LogP contribution in [0.15, 0.2) is 18.2 Å². The molecule has 1 aromatic carbocycles. The summed E-state index contributed by atoms with van der Waals surface area (Å²) in [4.78, 5) is 38.6. The summed E-state index contributed by atoms with van der Waals surface area (Å²) in [6.07, 6.45) is 1.53. The summed E-state index contributed by atoms with van der Waals surface area (Å²) >= 11 is 7.37. The first kappa shape index (κ1) is 25.1. The van der Waals surface area contributed by atoms with Gasteiger partial charge in [-0.25, -0.2) is 9.59 Å². The van der Waals surface area contributed by atoms with E-state index in [0.29, 0.717) is 27.3 Å². The van der Waals surface area contributed by atoms with Crippen LogP contribution < -0.4 is 10.1 Å². The monoisotopic (exact) mass is 493 g/mol. The lowest BCUT2D eigenvalue weighted by Crippen LogP contribution is -2.32. The Morgan fingerprint density at radius 2 is 2.06 bits per heavy atom. The van der Waals surface area contributed by atoms with E-state index in [1.54, 1.807) is 25.1 Å². The van der Waals surface area contributed by atoms with E-state index in [1.807, 2.05) is 6.92 Å². The molecule has 0 aliphatic heterocycles. The Morgan fingerprint density at radius 3 is 2.76 bits per heavy atom. The Hall–Kier alpha value is -2.58. The van der Waals surface area contributed by atoms with Crippen molar-refractivity contribution >= 4 is 45.8 Å². The van der Waals surface area contributed by atoms with E-state index in [9.17, 15) is 14.4 Å². The number of thiophene rings is 1. The fourth-order valence-corrected chi connectivity index (χ4v) is 5.12. The fraction of sp³-hybridized carbons (Fsp3) is 0.458. The summed E-state index contributed by atoms with van der Waals surface area (Å²) < 4.78 is 15.9. The molecule has 0 saturated carbocycles. The number of amides is 1. The van der Waals surface area contributed by atoms with Crippen LogP contribution in [-0.2, 0) is 31.9 Å². The highest BCUT2D eigenvalue weighted by Crippen LogP contribution is 2.40. The maximum Gasteiger partial charge on any atom is 0.344 e. The van der Waals surface area contributed by atoms with Gasteiger partial charge in [0.05, 0.1) is 12.2 Å². The first-order chi connectivity index (χ1) is 15.7. The summed E-state index contributed by atoms with van der Waals surface area (Å²) in [5, 5.41) is 3.80. The molecule has 178 valence electrons. The van der Waals surface area contributed by atoms with E-state index < -0.39 is 23.9 Å². The molecule has 1 aliphatic rings. The van der Waals surface area contributed by atoms with E-state index in [4.69, 9.17) is 25.8 Å². The first-order valence-electron chi connectivity index (χ1n) is 10.9. The number of rotatable bonds is 8. The average molecular weight is 494 g/mol. The second-order valence-electron chi connectivity index (χ2n) is 8.10. The number of carbonyl (C=O) groups is 3. The van der Waals surface area contributed by atoms with Crippen molar-refractivity contribution in [3.8, 4) is 5.75 Å². The van der Waals surface area contributed by atoms with Gasteiger partial charge < -0.3 is 19.5 Å². The molecule has 1 aromatic heterocycles. The van der Waals surface area contributed by atoms with Gasteiger partial charge in [0.2, 0.25) is 0 Å². The lowest BCUT2D eigenvalue weighted by Gasteiger charge is -2.18. The van der Waals surface area contributed by atoms with Gasteiger partial charge in [0.1, 0.15) is 10.8 Å². The van der Waals surface area contributed by atoms with Crippen LogP contribution >= 0.6 is 22.9 Å². The SMILES string of the molecule is CCOC(=O)c1c(NC(=O)[C@H](C)OC(=O)COc2ccc(Cl)c(C)c2)sc2c1CC[C@H](C)C2. The molecule has 0 fully saturated rings. The molecule has 0 bridgehead atoms. The summed E-state index contributed by atoms with van der Waals surface area (Å²) in [5.74, 6) is -0.670. The normalized spacial score (nSPS) is 15.8. The van der Waals surface area contributed by atoms with Crippen molar-refractivity contribution in [3.63, 3.8) is 0 Å². The third-order valence-corrected chi connectivity index (χ3v) is 6.99. The number of carbonyl (C=O) groups excluding carboxylic acids is 3. The van der Waals surface area contributed by atoms with Crippen molar-refractivity contribution in [3.05, 3.63) is 44.8 Å². The van der Waals surface area contributed by atoms with Gasteiger partial charge >= 0.3 is 11.9 Å². The van der Waals surface area contributed by atoms with Crippen molar-refractivity contribution in [2.24, 2.45) is 5.92 Å². The van der Waals surface area contributed by atoms with Gasteiger partial charge in [0.15, 0.2) is 12.7 Å². The Bertz CT molecular complexity index is 1050. The largest absolute Gasteiger partial charge is 0.482 e. The van der Waals surface area contributed by atoms with Crippen LogP contribution in [0.25, 0.3) is 0 Å². The molecule has 2 atom stereocenters. The number of hydrogen-bond donors (Lipinski definition) is 1. The van der Waals surface area contributed by atoms with E-state index in [2.05, 4.69) is 12.2 Å². The molecule has 33 heavy (non-hydrogen) atoms. The average Bonchev–Trinajstić information content (AvgIpc) is 3.11. The second kappa shape index (κ2) is 11.0. The second-order valence-corrected chi connectivity index (χ2v) is 9.61. The molecule has 1 aliphatic carbocycles. The number of benzene rings is 1. The topological polar surface area (TPSA) is 90.9 Å². The lowest BCUT2D eigenvalue weighted by molar-refractivity contribution is -0.155. The number of anilines is 1. The number of aryl methyl sites for hydroxylation is 1. The van der Waals surface area contributed by atoms with Crippen molar-refractivity contribution in [1.82, 2.24) is 0 Å². The molecular weight excluding hydrogens is 466 g/mol. The van der Waals surface area contributed by atoms with Crippen LogP contribution in [-0.4, -0.2) is 37.2 Å². The summed E-state index contributed by atoms with van der Waals surface area (Å²) in [6.45, 7) is 7.10. The summed E-state index contributed by atoms with van der Waals surface area (Å²) in [7, 11) is 0. The zero-order chi connectivity index (χ0) is 24.1. The highest BCUT2D eigenvalue weighted by molar-refractivity contribution is 7.17. The predicted octanol–water partition coefficient (Wildman–Crippen LogP) is 4.96. The smallest absolute Gasteiger partial charge is 0.344 e. The van der Waals surface area contributed by atoms with Gasteiger partial charge in [-0.3, -0.25) is 4.79 Å². The molecule has 0 radical (unpaired) electrons. The van der Waals surface area contributed by atoms with E-state index in [1.165, 1.54) is 18.3 Å². The summed E-state index contributed by atoms with van der Waals surface area (Å²) in [5.41, 5.74) is 2.18. The van der Waals surface area contributed by atoms with Gasteiger partial charge in [0, 0.05) is 9.90 Å². The zero-order valence-electron chi connectivity index (χ0n) is 19.2. The number of hydrogen-bond acceptors (Lipinski definition) is 7. The van der Waals surface area contributed by atoms with Gasteiger partial charge in [-0.05, 0) is 75.3 Å². The van der Waals surface area contributed by atoms with Gasteiger partial charge in [-0.1, -0.05) is 18.5 Å². The van der Waals surface area contributed by atoms with Gasteiger partial charge in [0.25, 0.3) is 5.91 Å². The Kier molecular flexibility index (Phi) is 8.37. The molecule has 0 spiro atoms. The molecule has 3 rings (SSSR count). The van der Waals surface area contributed by atoms with Crippen molar-refractivity contribution in [2.45, 2.75) is 53.1 Å². The van der Waals surface area contributed by atoms with Crippen molar-refractivity contribution < 1.29 is 28.6 Å². The van der Waals surface area contributed by atoms with Crippen LogP contribution in [0.3, 0.4) is 0 Å². The highest BCUT2D eigenvalue weighted by atomic mass is 35.5. The number of halogens is 1. The van der Waals surface area contributed by atoms with E-state index in [-0.39, 0.29) is 13.2 Å². The van der Waals surface area contributed by atoms with Crippen LogP contribution in [0.5, 0.6) is 5.75 Å².